The van der Waals surface area contributed by atoms with Crippen LogP contribution in [0.2, 0.25) is 0 Å². The molecule has 0 atom stereocenters. The third-order valence-electron chi connectivity index (χ3n) is 4.57. The lowest BCUT2D eigenvalue weighted by atomic mass is 9.99. The summed E-state index contributed by atoms with van der Waals surface area (Å²) in [6.45, 7) is 3.66. The molecule has 0 unspecified atom stereocenters. The van der Waals surface area contributed by atoms with E-state index in [0.29, 0.717) is 37.4 Å². The Morgan fingerprint density at radius 1 is 0.929 bits per heavy atom. The van der Waals surface area contributed by atoms with Crippen molar-refractivity contribution in [3.63, 3.8) is 0 Å². The first-order chi connectivity index (χ1) is 13.7. The van der Waals surface area contributed by atoms with Crippen LogP contribution in [0.1, 0.15) is 23.7 Å². The van der Waals surface area contributed by atoms with E-state index in [1.54, 1.807) is 12.1 Å². The maximum Gasteiger partial charge on any atom is 0.254 e. The first kappa shape index (κ1) is 19.6. The summed E-state index contributed by atoms with van der Waals surface area (Å²) in [6, 6.07) is 23.6. The average molecular weight is 377 g/mol. The predicted octanol–water partition coefficient (Wildman–Crippen LogP) is 5.42. The van der Waals surface area contributed by atoms with E-state index in [0.717, 1.165) is 11.1 Å². The standard InChI is InChI=1S/C24H24FNO2/c1-2-26(17-8-18-28-21-15-13-20(25)14-16-21)24(27)23-12-7-6-11-22(23)19-9-4-3-5-10-19/h3-7,9-16H,2,8,17-18H2,1H3. The molecular formula is C24H24FNO2. The van der Waals surface area contributed by atoms with Gasteiger partial charge in [-0.2, -0.15) is 0 Å². The predicted molar refractivity (Wildman–Crippen MR) is 110 cm³/mol. The lowest BCUT2D eigenvalue weighted by molar-refractivity contribution is 0.0757. The quantitative estimate of drug-likeness (QED) is 0.490. The number of hydrogen-bond acceptors (Lipinski definition) is 2. The number of hydrogen-bond donors (Lipinski definition) is 0. The molecule has 0 saturated heterocycles. The number of carbonyl (C=O) groups is 1. The fraction of sp³-hybridized carbons (Fsp3) is 0.208. The minimum Gasteiger partial charge on any atom is -0.494 e. The van der Waals surface area contributed by atoms with Crippen LogP contribution in [-0.2, 0) is 0 Å². The van der Waals surface area contributed by atoms with Crippen molar-refractivity contribution < 1.29 is 13.9 Å². The molecule has 0 spiro atoms. The molecule has 0 heterocycles. The molecular weight excluding hydrogens is 353 g/mol. The second-order valence-corrected chi connectivity index (χ2v) is 6.45. The molecule has 144 valence electrons. The van der Waals surface area contributed by atoms with Crippen molar-refractivity contribution in [2.75, 3.05) is 19.7 Å². The van der Waals surface area contributed by atoms with Crippen LogP contribution < -0.4 is 4.74 Å². The van der Waals surface area contributed by atoms with Crippen molar-refractivity contribution >= 4 is 5.91 Å². The molecule has 0 saturated carbocycles. The Hall–Kier alpha value is -3.14. The number of benzene rings is 3. The number of rotatable bonds is 8. The number of ether oxygens (including phenoxy) is 1. The highest BCUT2D eigenvalue weighted by atomic mass is 19.1. The van der Waals surface area contributed by atoms with E-state index < -0.39 is 0 Å². The Kier molecular flexibility index (Phi) is 6.79. The second-order valence-electron chi connectivity index (χ2n) is 6.45. The van der Waals surface area contributed by atoms with Gasteiger partial charge in [0, 0.05) is 18.7 Å². The molecule has 3 rings (SSSR count). The highest BCUT2D eigenvalue weighted by Gasteiger charge is 2.17. The third kappa shape index (κ3) is 4.97. The van der Waals surface area contributed by atoms with Crippen LogP contribution in [0.4, 0.5) is 4.39 Å². The topological polar surface area (TPSA) is 29.5 Å². The van der Waals surface area contributed by atoms with E-state index >= 15 is 0 Å². The van der Waals surface area contributed by atoms with Crippen LogP contribution in [-0.4, -0.2) is 30.5 Å². The van der Waals surface area contributed by atoms with Gasteiger partial charge in [-0.25, -0.2) is 4.39 Å². The lowest BCUT2D eigenvalue weighted by Crippen LogP contribution is -2.32. The minimum atomic E-state index is -0.285. The van der Waals surface area contributed by atoms with Crippen LogP contribution in [0.5, 0.6) is 5.75 Å². The van der Waals surface area contributed by atoms with Gasteiger partial charge in [-0.3, -0.25) is 4.79 Å². The summed E-state index contributed by atoms with van der Waals surface area (Å²) in [5.74, 6) is 0.362. The molecule has 0 aliphatic rings. The van der Waals surface area contributed by atoms with Gasteiger partial charge < -0.3 is 9.64 Å². The maximum atomic E-state index is 13.1. The van der Waals surface area contributed by atoms with Crippen LogP contribution in [0.25, 0.3) is 11.1 Å². The monoisotopic (exact) mass is 377 g/mol. The molecule has 0 fully saturated rings. The van der Waals surface area contributed by atoms with Crippen LogP contribution in [0.15, 0.2) is 78.9 Å². The van der Waals surface area contributed by atoms with Gasteiger partial charge in [0.15, 0.2) is 0 Å². The normalized spacial score (nSPS) is 10.5. The number of halogens is 1. The molecule has 0 aliphatic carbocycles. The van der Waals surface area contributed by atoms with Crippen LogP contribution in [0.3, 0.4) is 0 Å². The van der Waals surface area contributed by atoms with Crippen molar-refractivity contribution in [2.24, 2.45) is 0 Å². The van der Waals surface area contributed by atoms with E-state index in [1.807, 2.05) is 66.4 Å². The van der Waals surface area contributed by atoms with Gasteiger partial charge in [-0.05, 0) is 54.8 Å². The highest BCUT2D eigenvalue weighted by Crippen LogP contribution is 2.24. The Morgan fingerprint density at radius 2 is 1.61 bits per heavy atom. The smallest absolute Gasteiger partial charge is 0.254 e. The van der Waals surface area contributed by atoms with E-state index in [1.165, 1.54) is 12.1 Å². The second kappa shape index (κ2) is 9.70. The first-order valence-electron chi connectivity index (χ1n) is 9.51. The first-order valence-corrected chi connectivity index (χ1v) is 9.51. The van der Waals surface area contributed by atoms with Crippen LogP contribution >= 0.6 is 0 Å². The fourth-order valence-electron chi connectivity index (χ4n) is 3.09. The zero-order valence-corrected chi connectivity index (χ0v) is 16.0. The largest absolute Gasteiger partial charge is 0.494 e. The molecule has 28 heavy (non-hydrogen) atoms. The molecule has 0 bridgehead atoms. The van der Waals surface area contributed by atoms with Crippen molar-refractivity contribution in [3.05, 3.63) is 90.2 Å². The van der Waals surface area contributed by atoms with E-state index in [2.05, 4.69) is 0 Å². The van der Waals surface area contributed by atoms with E-state index in [9.17, 15) is 9.18 Å². The lowest BCUT2D eigenvalue weighted by Gasteiger charge is -2.22. The zero-order chi connectivity index (χ0) is 19.8. The highest BCUT2D eigenvalue weighted by molar-refractivity contribution is 6.00. The SMILES string of the molecule is CCN(CCCOc1ccc(F)cc1)C(=O)c1ccccc1-c1ccccc1. The maximum absolute atomic E-state index is 13.1. The molecule has 0 N–H and O–H groups in total. The zero-order valence-electron chi connectivity index (χ0n) is 16.0. The van der Waals surface area contributed by atoms with Crippen molar-refractivity contribution in [3.8, 4) is 16.9 Å². The van der Waals surface area contributed by atoms with Crippen molar-refractivity contribution in [1.29, 1.82) is 0 Å². The molecule has 3 aromatic carbocycles. The van der Waals surface area contributed by atoms with Crippen LogP contribution in [0, 0.1) is 5.82 Å². The fourth-order valence-corrected chi connectivity index (χ4v) is 3.09. The Balaban J connectivity index is 1.63. The van der Waals surface area contributed by atoms with Gasteiger partial charge in [-0.15, -0.1) is 0 Å². The molecule has 3 nitrogen and oxygen atoms in total. The molecule has 3 aromatic rings. The molecule has 0 aliphatic heterocycles. The summed E-state index contributed by atoms with van der Waals surface area (Å²) >= 11 is 0. The van der Waals surface area contributed by atoms with Gasteiger partial charge in [0.25, 0.3) is 5.91 Å². The number of amides is 1. The Labute approximate surface area is 165 Å². The van der Waals surface area contributed by atoms with Gasteiger partial charge in [0.05, 0.1) is 6.61 Å². The van der Waals surface area contributed by atoms with Gasteiger partial charge in [0.2, 0.25) is 0 Å². The van der Waals surface area contributed by atoms with E-state index in [-0.39, 0.29) is 11.7 Å². The van der Waals surface area contributed by atoms with Gasteiger partial charge >= 0.3 is 0 Å². The molecule has 0 radical (unpaired) electrons. The summed E-state index contributed by atoms with van der Waals surface area (Å²) in [5, 5.41) is 0. The van der Waals surface area contributed by atoms with Crippen molar-refractivity contribution in [1.82, 2.24) is 4.90 Å². The summed E-state index contributed by atoms with van der Waals surface area (Å²) in [5.41, 5.74) is 2.67. The summed E-state index contributed by atoms with van der Waals surface area (Å²) < 4.78 is 18.6. The summed E-state index contributed by atoms with van der Waals surface area (Å²) in [6.07, 6.45) is 0.699. The Morgan fingerprint density at radius 3 is 2.32 bits per heavy atom. The van der Waals surface area contributed by atoms with E-state index in [4.69, 9.17) is 4.74 Å². The van der Waals surface area contributed by atoms with Gasteiger partial charge in [-0.1, -0.05) is 48.5 Å². The van der Waals surface area contributed by atoms with Gasteiger partial charge in [0.1, 0.15) is 11.6 Å². The number of nitrogens with zero attached hydrogens (tertiary/aromatic N) is 1. The Bertz CT molecular complexity index is 894. The molecule has 1 amide bonds. The molecule has 4 heteroatoms. The number of carbonyl (C=O) groups excluding carboxylic acids is 1. The third-order valence-corrected chi connectivity index (χ3v) is 4.57. The van der Waals surface area contributed by atoms with Crippen molar-refractivity contribution in [2.45, 2.75) is 13.3 Å². The minimum absolute atomic E-state index is 0.0173. The average Bonchev–Trinajstić information content (AvgIpc) is 2.75. The summed E-state index contributed by atoms with van der Waals surface area (Å²) in [4.78, 5) is 14.9. The summed E-state index contributed by atoms with van der Waals surface area (Å²) in [7, 11) is 0. The molecule has 0 aromatic heterocycles.